The molecule has 0 fully saturated rings. The van der Waals surface area contributed by atoms with Crippen LogP contribution >= 0.6 is 11.3 Å². The minimum atomic E-state index is 0.305. The molecule has 1 aliphatic rings. The van der Waals surface area contributed by atoms with Gasteiger partial charge in [0, 0.05) is 32.1 Å². The molecular formula is C17H21N3O2S. The van der Waals surface area contributed by atoms with E-state index in [0.29, 0.717) is 13.3 Å². The number of rotatable bonds is 5. The summed E-state index contributed by atoms with van der Waals surface area (Å²) >= 11 is 1.79. The fourth-order valence-corrected chi connectivity index (χ4v) is 3.15. The second-order valence-electron chi connectivity index (χ2n) is 5.34. The average Bonchev–Trinajstić information content (AvgIpc) is 3.24. The molecular weight excluding hydrogens is 310 g/mol. The summed E-state index contributed by atoms with van der Waals surface area (Å²) in [6, 6.07) is 10.3. The van der Waals surface area contributed by atoms with Gasteiger partial charge in [-0.1, -0.05) is 12.1 Å². The van der Waals surface area contributed by atoms with Crippen LogP contribution in [0.1, 0.15) is 10.4 Å². The summed E-state index contributed by atoms with van der Waals surface area (Å²) in [5.41, 5.74) is 1.14. The lowest BCUT2D eigenvalue weighted by atomic mass is 10.2. The Kier molecular flexibility index (Phi) is 5.02. The van der Waals surface area contributed by atoms with Crippen LogP contribution in [0.2, 0.25) is 0 Å². The Balaban J connectivity index is 1.52. The molecule has 0 bridgehead atoms. The zero-order chi connectivity index (χ0) is 16.1. The van der Waals surface area contributed by atoms with Crippen molar-refractivity contribution in [3.63, 3.8) is 0 Å². The second kappa shape index (κ2) is 7.37. The van der Waals surface area contributed by atoms with Crippen LogP contribution in [0.3, 0.4) is 0 Å². The number of ether oxygens (including phenoxy) is 2. The van der Waals surface area contributed by atoms with E-state index in [1.54, 1.807) is 11.3 Å². The summed E-state index contributed by atoms with van der Waals surface area (Å²) in [5, 5.41) is 5.50. The fourth-order valence-electron chi connectivity index (χ4n) is 2.46. The van der Waals surface area contributed by atoms with Crippen LogP contribution in [-0.4, -0.2) is 38.3 Å². The summed E-state index contributed by atoms with van der Waals surface area (Å²) in [6.45, 7) is 1.94. The van der Waals surface area contributed by atoms with E-state index >= 15 is 0 Å². The molecule has 0 atom stereocenters. The van der Waals surface area contributed by atoms with E-state index in [0.717, 1.165) is 36.0 Å². The second-order valence-corrected chi connectivity index (χ2v) is 6.37. The topological polar surface area (TPSA) is 46.1 Å². The number of nitrogens with zero attached hydrogens (tertiary/aromatic N) is 2. The van der Waals surface area contributed by atoms with Crippen LogP contribution in [0.25, 0.3) is 0 Å². The number of aliphatic imine (C=N–C) groups is 1. The summed E-state index contributed by atoms with van der Waals surface area (Å²) in [4.78, 5) is 7.89. The number of guanidine groups is 1. The van der Waals surface area contributed by atoms with Gasteiger partial charge >= 0.3 is 0 Å². The Morgan fingerprint density at radius 3 is 2.96 bits per heavy atom. The maximum atomic E-state index is 5.41. The van der Waals surface area contributed by atoms with Gasteiger partial charge in [0.2, 0.25) is 6.79 Å². The van der Waals surface area contributed by atoms with Crippen molar-refractivity contribution in [2.75, 3.05) is 27.4 Å². The molecule has 2 heterocycles. The lowest BCUT2D eigenvalue weighted by molar-refractivity contribution is 0.174. The molecule has 1 aromatic carbocycles. The van der Waals surface area contributed by atoms with Crippen molar-refractivity contribution in [3.05, 3.63) is 46.2 Å². The smallest absolute Gasteiger partial charge is 0.231 e. The number of thiophene rings is 1. The van der Waals surface area contributed by atoms with E-state index in [1.807, 2.05) is 25.2 Å². The molecule has 3 rings (SSSR count). The third-order valence-electron chi connectivity index (χ3n) is 3.73. The quantitative estimate of drug-likeness (QED) is 0.676. The van der Waals surface area contributed by atoms with E-state index in [2.05, 4.69) is 39.8 Å². The summed E-state index contributed by atoms with van der Waals surface area (Å²) in [6.07, 6.45) is 1.03. The van der Waals surface area contributed by atoms with Crippen LogP contribution in [-0.2, 0) is 13.0 Å². The van der Waals surface area contributed by atoms with Gasteiger partial charge in [-0.25, -0.2) is 0 Å². The van der Waals surface area contributed by atoms with Gasteiger partial charge in [-0.15, -0.1) is 11.3 Å². The molecule has 0 aliphatic carbocycles. The minimum Gasteiger partial charge on any atom is -0.454 e. The summed E-state index contributed by atoms with van der Waals surface area (Å²) in [7, 11) is 3.87. The maximum absolute atomic E-state index is 5.41. The number of hydrogen-bond acceptors (Lipinski definition) is 4. The summed E-state index contributed by atoms with van der Waals surface area (Å²) < 4.78 is 10.7. The standard InChI is InChI=1S/C17H21N3O2S/c1-18-17(20(2)8-7-14-4-3-9-23-14)19-11-13-5-6-15-16(10-13)22-12-21-15/h3-6,9-10H,7-8,11-12H2,1-2H3,(H,18,19). The Morgan fingerprint density at radius 2 is 2.17 bits per heavy atom. The van der Waals surface area contributed by atoms with Crippen LogP contribution in [0.5, 0.6) is 11.5 Å². The first kappa shape index (κ1) is 15.7. The molecule has 122 valence electrons. The highest BCUT2D eigenvalue weighted by molar-refractivity contribution is 7.09. The van der Waals surface area contributed by atoms with Gasteiger partial charge in [0.25, 0.3) is 0 Å². The minimum absolute atomic E-state index is 0.305. The van der Waals surface area contributed by atoms with Crippen molar-refractivity contribution in [2.45, 2.75) is 13.0 Å². The van der Waals surface area contributed by atoms with Crippen molar-refractivity contribution < 1.29 is 9.47 Å². The highest BCUT2D eigenvalue weighted by Gasteiger charge is 2.13. The molecule has 1 N–H and O–H groups in total. The molecule has 0 amide bonds. The van der Waals surface area contributed by atoms with Crippen molar-refractivity contribution in [2.24, 2.45) is 4.99 Å². The molecule has 6 heteroatoms. The molecule has 1 aliphatic heterocycles. The summed E-state index contributed by atoms with van der Waals surface area (Å²) in [5.74, 6) is 2.51. The Hall–Kier alpha value is -2.21. The van der Waals surface area contributed by atoms with E-state index in [1.165, 1.54) is 4.88 Å². The third-order valence-corrected chi connectivity index (χ3v) is 4.67. The van der Waals surface area contributed by atoms with Gasteiger partial charge in [0.1, 0.15) is 0 Å². The van der Waals surface area contributed by atoms with Crippen molar-refractivity contribution >= 4 is 17.3 Å². The van der Waals surface area contributed by atoms with Crippen LogP contribution < -0.4 is 14.8 Å². The maximum Gasteiger partial charge on any atom is 0.231 e. The van der Waals surface area contributed by atoms with Gasteiger partial charge in [-0.05, 0) is 35.6 Å². The Bertz CT molecular complexity index is 670. The first-order valence-corrected chi connectivity index (χ1v) is 8.47. The lowest BCUT2D eigenvalue weighted by Gasteiger charge is -2.22. The number of fused-ring (bicyclic) bond motifs is 1. The SMILES string of the molecule is CN=C(NCc1ccc2c(c1)OCO2)N(C)CCc1cccs1. The monoisotopic (exact) mass is 331 g/mol. The van der Waals surface area contributed by atoms with E-state index in [9.17, 15) is 0 Å². The van der Waals surface area contributed by atoms with Gasteiger partial charge in [-0.3, -0.25) is 4.99 Å². The van der Waals surface area contributed by atoms with Gasteiger partial charge in [0.15, 0.2) is 17.5 Å². The predicted octanol–water partition coefficient (Wildman–Crippen LogP) is 2.73. The van der Waals surface area contributed by atoms with Crippen molar-refractivity contribution in [1.29, 1.82) is 0 Å². The third kappa shape index (κ3) is 3.96. The zero-order valence-electron chi connectivity index (χ0n) is 13.4. The number of benzene rings is 1. The van der Waals surface area contributed by atoms with Crippen LogP contribution in [0.4, 0.5) is 0 Å². The number of nitrogens with one attached hydrogen (secondary N) is 1. The van der Waals surface area contributed by atoms with Crippen LogP contribution in [0, 0.1) is 0 Å². The zero-order valence-corrected chi connectivity index (χ0v) is 14.2. The van der Waals surface area contributed by atoms with E-state index in [-0.39, 0.29) is 0 Å². The molecule has 0 radical (unpaired) electrons. The molecule has 1 aromatic heterocycles. The van der Waals surface area contributed by atoms with Gasteiger partial charge in [0.05, 0.1) is 0 Å². The van der Waals surface area contributed by atoms with Crippen molar-refractivity contribution in [1.82, 2.24) is 10.2 Å². The predicted molar refractivity (Wildman–Crippen MR) is 93.4 cm³/mol. The molecule has 5 nitrogen and oxygen atoms in total. The molecule has 0 spiro atoms. The fraction of sp³-hybridized carbons (Fsp3) is 0.353. The lowest BCUT2D eigenvalue weighted by Crippen LogP contribution is -2.39. The molecule has 0 saturated carbocycles. The normalized spacial score (nSPS) is 13.2. The van der Waals surface area contributed by atoms with Crippen LogP contribution in [0.15, 0.2) is 40.7 Å². The molecule has 0 unspecified atom stereocenters. The van der Waals surface area contributed by atoms with E-state index < -0.39 is 0 Å². The molecule has 23 heavy (non-hydrogen) atoms. The molecule has 0 saturated heterocycles. The Labute approximate surface area is 140 Å². The number of likely N-dealkylation sites (N-methyl/N-ethyl adjacent to an activating group) is 1. The molecule has 2 aromatic rings. The van der Waals surface area contributed by atoms with E-state index in [4.69, 9.17) is 9.47 Å². The van der Waals surface area contributed by atoms with Gasteiger partial charge < -0.3 is 19.7 Å². The highest BCUT2D eigenvalue weighted by Crippen LogP contribution is 2.32. The van der Waals surface area contributed by atoms with Gasteiger partial charge in [-0.2, -0.15) is 0 Å². The van der Waals surface area contributed by atoms with Crippen molar-refractivity contribution in [3.8, 4) is 11.5 Å². The first-order chi connectivity index (χ1) is 11.3. The average molecular weight is 331 g/mol. The highest BCUT2D eigenvalue weighted by atomic mass is 32.1. The largest absolute Gasteiger partial charge is 0.454 e. The Morgan fingerprint density at radius 1 is 1.30 bits per heavy atom. The number of hydrogen-bond donors (Lipinski definition) is 1. The first-order valence-electron chi connectivity index (χ1n) is 7.59.